The number of aldehydes is 1. The van der Waals surface area contributed by atoms with Gasteiger partial charge in [-0.15, -0.1) is 0 Å². The summed E-state index contributed by atoms with van der Waals surface area (Å²) in [6, 6.07) is 0. The molecule has 0 bridgehead atoms. The van der Waals surface area contributed by atoms with Crippen molar-refractivity contribution < 1.29 is 4.79 Å². The van der Waals surface area contributed by atoms with Crippen LogP contribution in [-0.4, -0.2) is 6.29 Å². The summed E-state index contributed by atoms with van der Waals surface area (Å²) in [7, 11) is 0. The number of hydrogen-bond donors (Lipinski definition) is 0. The van der Waals surface area contributed by atoms with Gasteiger partial charge in [0.05, 0.1) is 0 Å². The van der Waals surface area contributed by atoms with Gasteiger partial charge < -0.3 is 0 Å². The van der Waals surface area contributed by atoms with Crippen molar-refractivity contribution in [3.05, 3.63) is 11.6 Å². The Hall–Kier alpha value is -0.590. The number of carbonyl (C=O) groups is 1. The molecular formula is C14H24O. The summed E-state index contributed by atoms with van der Waals surface area (Å²) in [6.45, 7) is 8.92. The fourth-order valence-corrected chi connectivity index (χ4v) is 2.56. The Balaban J connectivity index is 2.46. The Morgan fingerprint density at radius 2 is 1.67 bits per heavy atom. The van der Waals surface area contributed by atoms with Crippen LogP contribution in [0, 0.1) is 17.3 Å². The first-order chi connectivity index (χ1) is 6.93. The maximum Gasteiger partial charge on any atom is 0.145 e. The zero-order valence-electron chi connectivity index (χ0n) is 10.5. The normalized spacial score (nSPS) is 28.9. The second-order valence-electron chi connectivity index (χ2n) is 6.01. The number of carbonyl (C=O) groups excluding carboxylic acids is 1. The Labute approximate surface area is 93.9 Å². The quantitative estimate of drug-likeness (QED) is 0.495. The van der Waals surface area contributed by atoms with Crippen molar-refractivity contribution in [2.45, 2.75) is 53.4 Å². The van der Waals surface area contributed by atoms with E-state index in [2.05, 4.69) is 26.8 Å². The molecule has 15 heavy (non-hydrogen) atoms. The molecule has 86 valence electrons. The van der Waals surface area contributed by atoms with Crippen molar-refractivity contribution >= 4 is 6.29 Å². The lowest BCUT2D eigenvalue weighted by atomic mass is 9.69. The molecule has 1 fully saturated rings. The highest BCUT2D eigenvalue weighted by Gasteiger charge is 2.28. The third-order valence-electron chi connectivity index (χ3n) is 3.68. The molecule has 0 heterocycles. The first kappa shape index (κ1) is 12.5. The summed E-state index contributed by atoms with van der Waals surface area (Å²) >= 11 is 0. The highest BCUT2D eigenvalue weighted by atomic mass is 16.1. The minimum absolute atomic E-state index is 0.453. The van der Waals surface area contributed by atoms with Crippen molar-refractivity contribution in [3.63, 3.8) is 0 Å². The molecule has 0 aromatic carbocycles. The Kier molecular flexibility index (Phi) is 4.12. The first-order valence-corrected chi connectivity index (χ1v) is 6.07. The minimum Gasteiger partial charge on any atom is -0.298 e. The molecule has 0 spiro atoms. The number of hydrogen-bond acceptors (Lipinski definition) is 1. The van der Waals surface area contributed by atoms with Crippen LogP contribution >= 0.6 is 0 Å². The predicted molar refractivity (Wildman–Crippen MR) is 64.7 cm³/mol. The van der Waals surface area contributed by atoms with Crippen molar-refractivity contribution in [1.82, 2.24) is 0 Å². The molecule has 0 N–H and O–H groups in total. The summed E-state index contributed by atoms with van der Waals surface area (Å²) in [5, 5.41) is 0. The highest BCUT2D eigenvalue weighted by molar-refractivity contribution is 5.72. The average molecular weight is 208 g/mol. The van der Waals surface area contributed by atoms with E-state index in [-0.39, 0.29) is 0 Å². The van der Waals surface area contributed by atoms with Gasteiger partial charge in [0.1, 0.15) is 6.29 Å². The van der Waals surface area contributed by atoms with E-state index in [0.29, 0.717) is 11.3 Å². The molecule has 0 atom stereocenters. The molecule has 1 saturated carbocycles. The van der Waals surface area contributed by atoms with E-state index in [1.807, 2.05) is 6.92 Å². The average Bonchev–Trinajstić information content (AvgIpc) is 2.17. The van der Waals surface area contributed by atoms with E-state index in [9.17, 15) is 4.79 Å². The summed E-state index contributed by atoms with van der Waals surface area (Å²) in [4.78, 5) is 10.5. The fraction of sp³-hybridized carbons (Fsp3) is 0.786. The minimum atomic E-state index is 0.453. The van der Waals surface area contributed by atoms with Crippen LogP contribution in [0.15, 0.2) is 11.6 Å². The van der Waals surface area contributed by atoms with E-state index in [1.54, 1.807) is 0 Å². The van der Waals surface area contributed by atoms with E-state index >= 15 is 0 Å². The zero-order valence-corrected chi connectivity index (χ0v) is 10.5. The molecular weight excluding hydrogens is 184 g/mol. The molecule has 0 amide bonds. The summed E-state index contributed by atoms with van der Waals surface area (Å²) in [5.41, 5.74) is 1.35. The number of rotatable bonds is 2. The van der Waals surface area contributed by atoms with E-state index in [0.717, 1.165) is 17.8 Å². The van der Waals surface area contributed by atoms with Gasteiger partial charge in [0, 0.05) is 0 Å². The molecule has 1 aliphatic rings. The van der Waals surface area contributed by atoms with Crippen LogP contribution in [0.25, 0.3) is 0 Å². The SMILES string of the molecule is CC(C=O)=CC1CCC(C(C)(C)C)CC1. The highest BCUT2D eigenvalue weighted by Crippen LogP contribution is 2.40. The third-order valence-corrected chi connectivity index (χ3v) is 3.68. The van der Waals surface area contributed by atoms with Crippen LogP contribution in [0.4, 0.5) is 0 Å². The molecule has 1 nitrogen and oxygen atoms in total. The fourth-order valence-electron chi connectivity index (χ4n) is 2.56. The van der Waals surface area contributed by atoms with Gasteiger partial charge in [0.25, 0.3) is 0 Å². The molecule has 1 aliphatic carbocycles. The zero-order chi connectivity index (χ0) is 11.5. The Morgan fingerprint density at radius 3 is 2.07 bits per heavy atom. The maximum absolute atomic E-state index is 10.5. The van der Waals surface area contributed by atoms with E-state index < -0.39 is 0 Å². The topological polar surface area (TPSA) is 17.1 Å². The van der Waals surface area contributed by atoms with Crippen LogP contribution < -0.4 is 0 Å². The van der Waals surface area contributed by atoms with E-state index in [1.165, 1.54) is 25.7 Å². The largest absolute Gasteiger partial charge is 0.298 e. The lowest BCUT2D eigenvalue weighted by Crippen LogP contribution is -2.25. The van der Waals surface area contributed by atoms with Gasteiger partial charge >= 0.3 is 0 Å². The van der Waals surface area contributed by atoms with Gasteiger partial charge in [0.15, 0.2) is 0 Å². The standard InChI is InChI=1S/C14H24O/c1-11(10-15)9-12-5-7-13(8-6-12)14(2,3)4/h9-10,12-13H,5-8H2,1-4H3. The molecule has 0 aromatic heterocycles. The summed E-state index contributed by atoms with van der Waals surface area (Å²) in [6.07, 6.45) is 8.27. The van der Waals surface area contributed by atoms with Gasteiger partial charge in [-0.25, -0.2) is 0 Å². The molecule has 0 aromatic rings. The number of allylic oxidation sites excluding steroid dienone is 2. The smallest absolute Gasteiger partial charge is 0.145 e. The van der Waals surface area contributed by atoms with Gasteiger partial charge in [-0.3, -0.25) is 4.79 Å². The van der Waals surface area contributed by atoms with Crippen molar-refractivity contribution in [2.24, 2.45) is 17.3 Å². The van der Waals surface area contributed by atoms with E-state index in [4.69, 9.17) is 0 Å². The summed E-state index contributed by atoms with van der Waals surface area (Å²) in [5.74, 6) is 1.51. The van der Waals surface area contributed by atoms with Crippen molar-refractivity contribution in [3.8, 4) is 0 Å². The third kappa shape index (κ3) is 3.81. The second kappa shape index (κ2) is 4.96. The van der Waals surface area contributed by atoms with Gasteiger partial charge in [-0.2, -0.15) is 0 Å². The Bertz CT molecular complexity index is 237. The molecule has 1 heteroatoms. The molecule has 0 radical (unpaired) electrons. The molecule has 0 aliphatic heterocycles. The maximum atomic E-state index is 10.5. The molecule has 1 rings (SSSR count). The van der Waals surface area contributed by atoms with Crippen molar-refractivity contribution in [2.75, 3.05) is 0 Å². The summed E-state index contributed by atoms with van der Waals surface area (Å²) < 4.78 is 0. The molecule has 0 unspecified atom stereocenters. The van der Waals surface area contributed by atoms with Crippen LogP contribution in [0.3, 0.4) is 0 Å². The molecule has 0 saturated heterocycles. The lowest BCUT2D eigenvalue weighted by molar-refractivity contribution is -0.104. The predicted octanol–water partition coefficient (Wildman–Crippen LogP) is 3.98. The van der Waals surface area contributed by atoms with Crippen LogP contribution in [-0.2, 0) is 4.79 Å². The van der Waals surface area contributed by atoms with Crippen LogP contribution in [0.1, 0.15) is 53.4 Å². The first-order valence-electron chi connectivity index (χ1n) is 6.07. The van der Waals surface area contributed by atoms with Crippen molar-refractivity contribution in [1.29, 1.82) is 0 Å². The van der Waals surface area contributed by atoms with Gasteiger partial charge in [-0.05, 0) is 55.4 Å². The Morgan fingerprint density at radius 1 is 1.13 bits per heavy atom. The van der Waals surface area contributed by atoms with Crippen LogP contribution in [0.2, 0.25) is 0 Å². The van der Waals surface area contributed by atoms with Crippen LogP contribution in [0.5, 0.6) is 0 Å². The second-order valence-corrected chi connectivity index (χ2v) is 6.01. The van der Waals surface area contributed by atoms with Gasteiger partial charge in [0.2, 0.25) is 0 Å². The lowest BCUT2D eigenvalue weighted by Gasteiger charge is -2.36. The van der Waals surface area contributed by atoms with Gasteiger partial charge in [-0.1, -0.05) is 26.8 Å². The monoisotopic (exact) mass is 208 g/mol.